The van der Waals surface area contributed by atoms with E-state index in [0.717, 1.165) is 6.07 Å². The van der Waals surface area contributed by atoms with E-state index in [1.54, 1.807) is 11.0 Å². The second-order valence-electron chi connectivity index (χ2n) is 6.20. The van der Waals surface area contributed by atoms with E-state index in [4.69, 9.17) is 5.11 Å². The van der Waals surface area contributed by atoms with Crippen LogP contribution in [0.4, 0.5) is 19.3 Å². The molecule has 0 radical (unpaired) electrons. The third kappa shape index (κ3) is 4.40. The van der Waals surface area contributed by atoms with E-state index in [0.29, 0.717) is 31.9 Å². The molecule has 2 amide bonds. The van der Waals surface area contributed by atoms with Crippen molar-refractivity contribution < 1.29 is 23.5 Å². The molecule has 1 aliphatic rings. The first kappa shape index (κ1) is 18.8. The molecular weight excluding hydrogens is 356 g/mol. The van der Waals surface area contributed by atoms with Gasteiger partial charge in [0, 0.05) is 37.4 Å². The summed E-state index contributed by atoms with van der Waals surface area (Å²) in [7, 11) is 0. The Morgan fingerprint density at radius 1 is 1.11 bits per heavy atom. The van der Waals surface area contributed by atoms with Crippen LogP contribution in [0.2, 0.25) is 0 Å². The van der Waals surface area contributed by atoms with Crippen LogP contribution in [-0.2, 0) is 6.54 Å². The predicted octanol–water partition coefficient (Wildman–Crippen LogP) is 2.69. The van der Waals surface area contributed by atoms with Crippen molar-refractivity contribution in [2.75, 3.05) is 31.1 Å². The Bertz CT molecular complexity index is 854. The second kappa shape index (κ2) is 8.13. The highest BCUT2D eigenvalue weighted by molar-refractivity contribution is 5.92. The number of piperazine rings is 1. The molecule has 0 atom stereocenters. The van der Waals surface area contributed by atoms with Crippen molar-refractivity contribution in [1.29, 1.82) is 0 Å². The summed E-state index contributed by atoms with van der Waals surface area (Å²) in [5.41, 5.74) is 0.273. The summed E-state index contributed by atoms with van der Waals surface area (Å²) in [4.78, 5) is 26.9. The fourth-order valence-corrected chi connectivity index (χ4v) is 2.92. The lowest BCUT2D eigenvalue weighted by Gasteiger charge is -2.33. The van der Waals surface area contributed by atoms with Gasteiger partial charge in [-0.3, -0.25) is 4.90 Å². The van der Waals surface area contributed by atoms with Crippen LogP contribution in [0.1, 0.15) is 15.9 Å². The zero-order chi connectivity index (χ0) is 19.4. The van der Waals surface area contributed by atoms with Crippen molar-refractivity contribution in [2.24, 2.45) is 0 Å². The number of carbonyl (C=O) groups is 2. The first-order valence-electron chi connectivity index (χ1n) is 8.50. The van der Waals surface area contributed by atoms with Gasteiger partial charge in [0.2, 0.25) is 0 Å². The summed E-state index contributed by atoms with van der Waals surface area (Å²) < 4.78 is 28.1. The molecule has 142 valence electrons. The van der Waals surface area contributed by atoms with Gasteiger partial charge in [-0.25, -0.2) is 18.4 Å². The van der Waals surface area contributed by atoms with Crippen molar-refractivity contribution in [1.82, 2.24) is 10.2 Å². The molecule has 1 saturated heterocycles. The number of nitrogens with zero attached hydrogens (tertiary/aromatic N) is 2. The maximum absolute atomic E-state index is 14.4. The lowest BCUT2D eigenvalue weighted by molar-refractivity contribution is 0.0696. The van der Waals surface area contributed by atoms with Crippen LogP contribution in [0.25, 0.3) is 0 Å². The number of hydrogen-bond acceptors (Lipinski definition) is 3. The molecule has 1 heterocycles. The number of benzene rings is 2. The summed E-state index contributed by atoms with van der Waals surface area (Å²) in [6.45, 7) is 2.13. The molecular formula is C19H19F2N3O3. The molecule has 3 rings (SSSR count). The van der Waals surface area contributed by atoms with Crippen LogP contribution in [0, 0.1) is 11.6 Å². The van der Waals surface area contributed by atoms with Crippen LogP contribution in [0.15, 0.2) is 42.5 Å². The van der Waals surface area contributed by atoms with Crippen LogP contribution in [-0.4, -0.2) is 48.2 Å². The topological polar surface area (TPSA) is 72.9 Å². The van der Waals surface area contributed by atoms with Crippen LogP contribution >= 0.6 is 0 Å². The maximum Gasteiger partial charge on any atom is 0.335 e. The van der Waals surface area contributed by atoms with E-state index in [-0.39, 0.29) is 23.7 Å². The first-order valence-corrected chi connectivity index (χ1v) is 8.50. The Morgan fingerprint density at radius 2 is 1.85 bits per heavy atom. The molecule has 2 aromatic rings. The fraction of sp³-hybridized carbons (Fsp3) is 0.263. The second-order valence-corrected chi connectivity index (χ2v) is 6.20. The molecule has 2 N–H and O–H groups in total. The number of urea groups is 1. The standard InChI is InChI=1S/C19H19F2N3O3/c20-15-2-1-3-16(11-15)24(19(27)23-8-6-22-7-9-23)12-14-5-4-13(18(25)26)10-17(14)21/h1-5,10-11,22H,6-9,12H2,(H,25,26). The summed E-state index contributed by atoms with van der Waals surface area (Å²) in [5, 5.41) is 12.1. The van der Waals surface area contributed by atoms with Crippen LogP contribution < -0.4 is 10.2 Å². The molecule has 6 nitrogen and oxygen atoms in total. The van der Waals surface area contributed by atoms with Gasteiger partial charge in [-0.1, -0.05) is 12.1 Å². The van der Waals surface area contributed by atoms with Crippen molar-refractivity contribution in [3.05, 3.63) is 65.2 Å². The molecule has 1 aliphatic heterocycles. The minimum Gasteiger partial charge on any atom is -0.478 e. The van der Waals surface area contributed by atoms with Gasteiger partial charge in [-0.05, 0) is 30.3 Å². The zero-order valence-electron chi connectivity index (χ0n) is 14.5. The van der Waals surface area contributed by atoms with Crippen molar-refractivity contribution in [2.45, 2.75) is 6.54 Å². The molecule has 0 saturated carbocycles. The Labute approximate surface area is 155 Å². The number of anilines is 1. The van der Waals surface area contributed by atoms with Gasteiger partial charge in [0.25, 0.3) is 0 Å². The third-order valence-corrected chi connectivity index (χ3v) is 4.37. The minimum atomic E-state index is -1.24. The summed E-state index contributed by atoms with van der Waals surface area (Å²) in [6, 6.07) is 8.69. The molecule has 0 aromatic heterocycles. The molecule has 1 fully saturated rings. The van der Waals surface area contributed by atoms with E-state index < -0.39 is 17.6 Å². The van der Waals surface area contributed by atoms with Gasteiger partial charge in [0.15, 0.2) is 0 Å². The monoisotopic (exact) mass is 375 g/mol. The predicted molar refractivity (Wildman–Crippen MR) is 95.8 cm³/mol. The molecule has 2 aromatic carbocycles. The number of aromatic carboxylic acids is 1. The van der Waals surface area contributed by atoms with Crippen molar-refractivity contribution in [3.8, 4) is 0 Å². The number of hydrogen-bond donors (Lipinski definition) is 2. The Kier molecular flexibility index (Phi) is 5.66. The number of amides is 2. The third-order valence-electron chi connectivity index (χ3n) is 4.37. The first-order chi connectivity index (χ1) is 13.0. The number of nitrogens with one attached hydrogen (secondary N) is 1. The van der Waals surface area contributed by atoms with E-state index in [9.17, 15) is 18.4 Å². The summed E-state index contributed by atoms with van der Waals surface area (Å²) in [6.07, 6.45) is 0. The normalized spacial score (nSPS) is 14.1. The van der Waals surface area contributed by atoms with E-state index in [1.807, 2.05) is 0 Å². The zero-order valence-corrected chi connectivity index (χ0v) is 14.5. The number of halogens is 2. The molecule has 8 heteroatoms. The molecule has 0 spiro atoms. The van der Waals surface area contributed by atoms with Crippen molar-refractivity contribution >= 4 is 17.7 Å². The highest BCUT2D eigenvalue weighted by Crippen LogP contribution is 2.22. The molecule has 27 heavy (non-hydrogen) atoms. The Balaban J connectivity index is 1.92. The highest BCUT2D eigenvalue weighted by Gasteiger charge is 2.25. The van der Waals surface area contributed by atoms with Gasteiger partial charge in [-0.15, -0.1) is 0 Å². The van der Waals surface area contributed by atoms with Gasteiger partial charge in [-0.2, -0.15) is 0 Å². The van der Waals surface area contributed by atoms with Crippen LogP contribution in [0.5, 0.6) is 0 Å². The Morgan fingerprint density at radius 3 is 2.48 bits per heavy atom. The lowest BCUT2D eigenvalue weighted by Crippen LogP contribution is -2.51. The minimum absolute atomic E-state index is 0.141. The largest absolute Gasteiger partial charge is 0.478 e. The van der Waals surface area contributed by atoms with Crippen LogP contribution in [0.3, 0.4) is 0 Å². The SMILES string of the molecule is O=C(O)c1ccc(CN(C(=O)N2CCNCC2)c2cccc(F)c2)c(F)c1. The fourth-order valence-electron chi connectivity index (χ4n) is 2.92. The smallest absolute Gasteiger partial charge is 0.335 e. The number of rotatable bonds is 4. The number of carbonyl (C=O) groups excluding carboxylic acids is 1. The van der Waals surface area contributed by atoms with E-state index in [1.165, 1.54) is 35.2 Å². The van der Waals surface area contributed by atoms with Gasteiger partial charge in [0.1, 0.15) is 11.6 Å². The quantitative estimate of drug-likeness (QED) is 0.862. The average molecular weight is 375 g/mol. The van der Waals surface area contributed by atoms with Gasteiger partial charge < -0.3 is 15.3 Å². The van der Waals surface area contributed by atoms with Gasteiger partial charge >= 0.3 is 12.0 Å². The Hall–Kier alpha value is -3.00. The van der Waals surface area contributed by atoms with E-state index in [2.05, 4.69) is 5.32 Å². The highest BCUT2D eigenvalue weighted by atomic mass is 19.1. The molecule has 0 unspecified atom stereocenters. The summed E-state index contributed by atoms with van der Waals surface area (Å²) >= 11 is 0. The maximum atomic E-state index is 14.4. The molecule has 0 aliphatic carbocycles. The van der Waals surface area contributed by atoms with E-state index >= 15 is 0 Å². The molecule has 0 bridgehead atoms. The number of carboxylic acids is 1. The lowest BCUT2D eigenvalue weighted by atomic mass is 10.1. The number of carboxylic acid groups (broad SMARTS) is 1. The van der Waals surface area contributed by atoms with Crippen molar-refractivity contribution in [3.63, 3.8) is 0 Å². The summed E-state index contributed by atoms with van der Waals surface area (Å²) in [5.74, 6) is -2.48. The average Bonchev–Trinajstić information content (AvgIpc) is 2.67. The van der Waals surface area contributed by atoms with Gasteiger partial charge in [0.05, 0.1) is 12.1 Å².